The molecule has 1 aliphatic carbocycles. The van der Waals surface area contributed by atoms with E-state index in [-0.39, 0.29) is 0 Å². The van der Waals surface area contributed by atoms with Crippen molar-refractivity contribution in [2.45, 2.75) is 22.6 Å². The molecule has 0 bridgehead atoms. The van der Waals surface area contributed by atoms with Crippen LogP contribution in [0.2, 0.25) is 0 Å². The molecule has 0 saturated carbocycles. The predicted octanol–water partition coefficient (Wildman–Crippen LogP) is 5.77. The lowest BCUT2D eigenvalue weighted by Crippen LogP contribution is -1.93. The van der Waals surface area contributed by atoms with E-state index >= 15 is 0 Å². The van der Waals surface area contributed by atoms with Crippen LogP contribution in [0.5, 0.6) is 0 Å². The third-order valence-corrected chi connectivity index (χ3v) is 5.67. The molecular formula is C20H15NS. The van der Waals surface area contributed by atoms with Crippen LogP contribution >= 0.6 is 11.8 Å². The predicted molar refractivity (Wildman–Crippen MR) is 93.1 cm³/mol. The number of allylic oxidation sites excluding steroid dienone is 1. The van der Waals surface area contributed by atoms with Crippen molar-refractivity contribution >= 4 is 17.8 Å². The zero-order valence-electron chi connectivity index (χ0n) is 12.1. The van der Waals surface area contributed by atoms with Gasteiger partial charge in [0.05, 0.1) is 5.69 Å². The van der Waals surface area contributed by atoms with Crippen LogP contribution < -0.4 is 0 Å². The number of fused-ring (bicyclic) bond motifs is 7. The standard InChI is InChI=1S/C20H15NS/c1-4-10-16-13(7-1)19-14-8-2-5-11-17(14)22-18-12-6-3-9-15(18)20(19)21-16/h2-6,8-12,21H,1,7H2. The first-order chi connectivity index (χ1) is 10.9. The Bertz CT molecular complexity index is 917. The van der Waals surface area contributed by atoms with Gasteiger partial charge in [-0.2, -0.15) is 0 Å². The fourth-order valence-electron chi connectivity index (χ4n) is 3.53. The molecule has 0 radical (unpaired) electrons. The van der Waals surface area contributed by atoms with Crippen molar-refractivity contribution < 1.29 is 0 Å². The molecule has 5 rings (SSSR count). The summed E-state index contributed by atoms with van der Waals surface area (Å²) in [5, 5.41) is 0. The highest BCUT2D eigenvalue weighted by Gasteiger charge is 2.26. The van der Waals surface area contributed by atoms with Crippen LogP contribution in [-0.4, -0.2) is 4.98 Å². The van der Waals surface area contributed by atoms with Gasteiger partial charge in [-0.25, -0.2) is 0 Å². The zero-order valence-corrected chi connectivity index (χ0v) is 12.9. The smallest absolute Gasteiger partial charge is 0.0553 e. The van der Waals surface area contributed by atoms with Crippen LogP contribution in [0.3, 0.4) is 0 Å². The molecule has 2 aromatic carbocycles. The Morgan fingerprint density at radius 1 is 0.864 bits per heavy atom. The van der Waals surface area contributed by atoms with Crippen LogP contribution in [0, 0.1) is 0 Å². The van der Waals surface area contributed by atoms with E-state index in [4.69, 9.17) is 0 Å². The van der Waals surface area contributed by atoms with E-state index in [2.05, 4.69) is 65.7 Å². The minimum Gasteiger partial charge on any atom is -0.354 e. The van der Waals surface area contributed by atoms with Gasteiger partial charge in [0.25, 0.3) is 0 Å². The molecule has 1 N–H and O–H groups in total. The summed E-state index contributed by atoms with van der Waals surface area (Å²) < 4.78 is 0. The Labute approximate surface area is 134 Å². The highest BCUT2D eigenvalue weighted by Crippen LogP contribution is 2.50. The molecule has 1 aliphatic heterocycles. The average Bonchev–Trinajstić information content (AvgIpc) is 2.89. The van der Waals surface area contributed by atoms with E-state index in [0.717, 1.165) is 12.8 Å². The van der Waals surface area contributed by atoms with E-state index in [0.29, 0.717) is 0 Å². The summed E-state index contributed by atoms with van der Waals surface area (Å²) >= 11 is 1.88. The lowest BCUT2D eigenvalue weighted by atomic mass is 9.93. The number of rotatable bonds is 0. The summed E-state index contributed by atoms with van der Waals surface area (Å²) in [5.74, 6) is 0. The molecule has 0 unspecified atom stereocenters. The summed E-state index contributed by atoms with van der Waals surface area (Å²) in [5.41, 5.74) is 8.14. The maximum atomic E-state index is 3.69. The topological polar surface area (TPSA) is 15.8 Å². The number of H-pyrrole nitrogens is 1. The first-order valence-electron chi connectivity index (χ1n) is 7.70. The molecule has 0 spiro atoms. The Morgan fingerprint density at radius 3 is 2.45 bits per heavy atom. The van der Waals surface area contributed by atoms with Gasteiger partial charge < -0.3 is 4.98 Å². The maximum absolute atomic E-state index is 3.69. The molecule has 0 atom stereocenters. The van der Waals surface area contributed by atoms with Crippen LogP contribution in [0.15, 0.2) is 64.4 Å². The van der Waals surface area contributed by atoms with Crippen LogP contribution in [0.4, 0.5) is 0 Å². The summed E-state index contributed by atoms with van der Waals surface area (Å²) in [6.45, 7) is 0. The van der Waals surface area contributed by atoms with Gasteiger partial charge in [0.15, 0.2) is 0 Å². The SMILES string of the molecule is C1=Cc2[nH]c3c(c2CC1)-c1ccccc1Sc1ccccc1-3. The Morgan fingerprint density at radius 2 is 1.59 bits per heavy atom. The summed E-state index contributed by atoms with van der Waals surface area (Å²) in [7, 11) is 0. The van der Waals surface area contributed by atoms with Crippen molar-refractivity contribution in [1.82, 2.24) is 4.98 Å². The number of aromatic amines is 1. The molecule has 106 valence electrons. The van der Waals surface area contributed by atoms with Gasteiger partial charge in [-0.3, -0.25) is 0 Å². The number of hydrogen-bond donors (Lipinski definition) is 1. The van der Waals surface area contributed by atoms with Crippen LogP contribution in [0.1, 0.15) is 17.7 Å². The second kappa shape index (κ2) is 4.65. The number of nitrogens with one attached hydrogen (secondary N) is 1. The summed E-state index contributed by atoms with van der Waals surface area (Å²) in [6, 6.07) is 17.5. The van der Waals surface area contributed by atoms with Crippen molar-refractivity contribution in [2.75, 3.05) is 0 Å². The molecule has 2 aliphatic rings. The third kappa shape index (κ3) is 1.68. The van der Waals surface area contributed by atoms with Gasteiger partial charge >= 0.3 is 0 Å². The van der Waals surface area contributed by atoms with Crippen LogP contribution in [0.25, 0.3) is 28.5 Å². The van der Waals surface area contributed by atoms with Crippen molar-refractivity contribution in [3.8, 4) is 22.4 Å². The quantitative estimate of drug-likeness (QED) is 0.436. The monoisotopic (exact) mass is 301 g/mol. The third-order valence-electron chi connectivity index (χ3n) is 4.51. The Hall–Kier alpha value is -2.19. The van der Waals surface area contributed by atoms with Crippen molar-refractivity contribution in [1.29, 1.82) is 0 Å². The fraction of sp³-hybridized carbons (Fsp3) is 0.100. The van der Waals surface area contributed by atoms with Gasteiger partial charge in [-0.05, 0) is 42.2 Å². The maximum Gasteiger partial charge on any atom is 0.0553 e. The molecule has 0 saturated heterocycles. The number of benzene rings is 2. The Balaban J connectivity index is 1.93. The van der Waals surface area contributed by atoms with Gasteiger partial charge in [0.2, 0.25) is 0 Å². The highest BCUT2D eigenvalue weighted by atomic mass is 32.2. The molecule has 22 heavy (non-hydrogen) atoms. The largest absolute Gasteiger partial charge is 0.354 e. The van der Waals surface area contributed by atoms with Crippen molar-refractivity contribution in [2.24, 2.45) is 0 Å². The summed E-state index contributed by atoms with van der Waals surface area (Å²) in [4.78, 5) is 6.37. The summed E-state index contributed by atoms with van der Waals surface area (Å²) in [6.07, 6.45) is 6.77. The minimum atomic E-state index is 1.12. The van der Waals surface area contributed by atoms with Gasteiger partial charge in [0, 0.05) is 26.6 Å². The van der Waals surface area contributed by atoms with Gasteiger partial charge in [0.1, 0.15) is 0 Å². The number of aromatic nitrogens is 1. The number of hydrogen-bond acceptors (Lipinski definition) is 1. The molecule has 3 aromatic rings. The second-order valence-electron chi connectivity index (χ2n) is 5.80. The first-order valence-corrected chi connectivity index (χ1v) is 8.51. The molecule has 1 nitrogen and oxygen atoms in total. The minimum absolute atomic E-state index is 1.12. The molecule has 1 aromatic heterocycles. The average molecular weight is 301 g/mol. The highest BCUT2D eigenvalue weighted by molar-refractivity contribution is 7.99. The van der Waals surface area contributed by atoms with E-state index in [9.17, 15) is 0 Å². The lowest BCUT2D eigenvalue weighted by molar-refractivity contribution is 0.986. The molecule has 0 fully saturated rings. The van der Waals surface area contributed by atoms with E-state index in [1.807, 2.05) is 11.8 Å². The lowest BCUT2D eigenvalue weighted by Gasteiger charge is -2.10. The van der Waals surface area contributed by atoms with Crippen molar-refractivity contribution in [3.63, 3.8) is 0 Å². The Kier molecular flexibility index (Phi) is 2.61. The molecule has 0 amide bonds. The second-order valence-corrected chi connectivity index (χ2v) is 6.89. The van der Waals surface area contributed by atoms with E-state index in [1.54, 1.807) is 0 Å². The van der Waals surface area contributed by atoms with E-state index < -0.39 is 0 Å². The zero-order chi connectivity index (χ0) is 14.5. The van der Waals surface area contributed by atoms with Gasteiger partial charge in [-0.1, -0.05) is 54.2 Å². The van der Waals surface area contributed by atoms with Crippen molar-refractivity contribution in [3.05, 3.63) is 65.9 Å². The normalized spacial score (nSPS) is 14.5. The van der Waals surface area contributed by atoms with E-state index in [1.165, 1.54) is 43.4 Å². The van der Waals surface area contributed by atoms with Crippen LogP contribution in [-0.2, 0) is 6.42 Å². The molecular weight excluding hydrogens is 286 g/mol. The molecule has 2 heterocycles. The fourth-order valence-corrected chi connectivity index (χ4v) is 4.62. The first kappa shape index (κ1) is 12.4. The van der Waals surface area contributed by atoms with Gasteiger partial charge in [-0.15, -0.1) is 0 Å². The molecule has 2 heteroatoms.